The topological polar surface area (TPSA) is 104 Å². The number of amides is 2. The van der Waals surface area contributed by atoms with Crippen LogP contribution in [0, 0.1) is 0 Å². The minimum absolute atomic E-state index is 0.0396. The Kier molecular flexibility index (Phi) is 12.5. The van der Waals surface area contributed by atoms with Crippen molar-refractivity contribution in [3.8, 4) is 5.75 Å². The zero-order valence-corrected chi connectivity index (χ0v) is 22.6. The fraction of sp³-hybridized carbons (Fsp3) is 0.357. The third-order valence-electron chi connectivity index (χ3n) is 5.50. The molecule has 2 aromatic rings. The van der Waals surface area contributed by atoms with Crippen molar-refractivity contribution in [3.63, 3.8) is 0 Å². The van der Waals surface area contributed by atoms with Crippen LogP contribution in [0.25, 0.3) is 0 Å². The Morgan fingerprint density at radius 2 is 1.79 bits per heavy atom. The highest BCUT2D eigenvalue weighted by Crippen LogP contribution is 2.34. The largest absolute Gasteiger partial charge is 0.439 e. The summed E-state index contributed by atoms with van der Waals surface area (Å²) in [4.78, 5) is 18.5. The average Bonchev–Trinajstić information content (AvgIpc) is 2.88. The predicted octanol–water partition coefficient (Wildman–Crippen LogP) is 5.95. The SMILES string of the molecule is C=CN=C(/C=C(\C)NCCN)Oc1ccc(NC(=O)Nc2ccc(CN(CC)CCC)c(C(F)(F)F)c2)cc1. The molecule has 0 spiro atoms. The van der Waals surface area contributed by atoms with E-state index in [0.29, 0.717) is 43.5 Å². The van der Waals surface area contributed by atoms with E-state index >= 15 is 0 Å². The molecule has 39 heavy (non-hydrogen) atoms. The van der Waals surface area contributed by atoms with E-state index in [1.807, 2.05) is 25.7 Å². The van der Waals surface area contributed by atoms with Crippen LogP contribution in [0.2, 0.25) is 0 Å². The number of nitrogens with two attached hydrogens (primary N) is 1. The van der Waals surface area contributed by atoms with Crippen molar-refractivity contribution in [1.82, 2.24) is 10.2 Å². The first-order chi connectivity index (χ1) is 18.6. The molecule has 8 nitrogen and oxygen atoms in total. The molecule has 0 aliphatic rings. The lowest BCUT2D eigenvalue weighted by atomic mass is 10.0. The van der Waals surface area contributed by atoms with Gasteiger partial charge in [0.2, 0.25) is 5.90 Å². The minimum atomic E-state index is -4.55. The number of nitrogens with one attached hydrogen (secondary N) is 3. The number of urea groups is 1. The van der Waals surface area contributed by atoms with E-state index in [9.17, 15) is 18.0 Å². The maximum atomic E-state index is 13.8. The van der Waals surface area contributed by atoms with Gasteiger partial charge in [0.25, 0.3) is 0 Å². The highest BCUT2D eigenvalue weighted by molar-refractivity contribution is 6.00. The number of halogens is 3. The Balaban J connectivity index is 2.07. The summed E-state index contributed by atoms with van der Waals surface area (Å²) in [6.07, 6.45) is -0.660. The summed E-state index contributed by atoms with van der Waals surface area (Å²) in [6.45, 7) is 11.9. The number of aliphatic imine (C=N–C) groups is 1. The summed E-state index contributed by atoms with van der Waals surface area (Å²) >= 11 is 0. The monoisotopic (exact) mass is 546 g/mol. The average molecular weight is 547 g/mol. The zero-order chi connectivity index (χ0) is 28.8. The lowest BCUT2D eigenvalue weighted by molar-refractivity contribution is -0.138. The molecule has 0 aliphatic heterocycles. The Bertz CT molecular complexity index is 1150. The molecule has 5 N–H and O–H groups in total. The van der Waals surface area contributed by atoms with Crippen LogP contribution in [0.15, 0.2) is 72.0 Å². The Hall–Kier alpha value is -3.83. The molecule has 2 aromatic carbocycles. The predicted molar refractivity (Wildman–Crippen MR) is 151 cm³/mol. The third-order valence-corrected chi connectivity index (χ3v) is 5.50. The molecule has 212 valence electrons. The minimum Gasteiger partial charge on any atom is -0.439 e. The summed E-state index contributed by atoms with van der Waals surface area (Å²) in [5, 5.41) is 8.19. The summed E-state index contributed by atoms with van der Waals surface area (Å²) < 4.78 is 47.1. The van der Waals surface area contributed by atoms with E-state index in [4.69, 9.17) is 10.5 Å². The van der Waals surface area contributed by atoms with Crippen molar-refractivity contribution >= 4 is 23.3 Å². The molecular formula is C28H37F3N6O2. The van der Waals surface area contributed by atoms with Gasteiger partial charge in [0.1, 0.15) is 5.75 Å². The molecule has 0 saturated heterocycles. The number of rotatable bonds is 13. The maximum absolute atomic E-state index is 13.8. The fourth-order valence-corrected chi connectivity index (χ4v) is 3.67. The quantitative estimate of drug-likeness (QED) is 0.184. The second kappa shape index (κ2) is 15.6. The number of carbonyl (C=O) groups excluding carboxylic acids is 1. The number of alkyl halides is 3. The summed E-state index contributed by atoms with van der Waals surface area (Å²) in [5.41, 5.74) is 6.16. The van der Waals surface area contributed by atoms with Crippen LogP contribution in [0.4, 0.5) is 29.3 Å². The number of carbonyl (C=O) groups is 1. The van der Waals surface area contributed by atoms with E-state index in [-0.39, 0.29) is 17.8 Å². The fourth-order valence-electron chi connectivity index (χ4n) is 3.67. The number of allylic oxidation sites excluding steroid dienone is 1. The van der Waals surface area contributed by atoms with Gasteiger partial charge in [-0.1, -0.05) is 26.5 Å². The number of hydrogen-bond donors (Lipinski definition) is 4. The smallest absolute Gasteiger partial charge is 0.416 e. The highest BCUT2D eigenvalue weighted by Gasteiger charge is 2.34. The number of anilines is 2. The number of benzene rings is 2. The maximum Gasteiger partial charge on any atom is 0.416 e. The van der Waals surface area contributed by atoms with Gasteiger partial charge >= 0.3 is 12.2 Å². The lowest BCUT2D eigenvalue weighted by Gasteiger charge is -2.22. The summed E-state index contributed by atoms with van der Waals surface area (Å²) in [6, 6.07) is 9.61. The van der Waals surface area contributed by atoms with E-state index in [0.717, 1.165) is 18.2 Å². The first-order valence-corrected chi connectivity index (χ1v) is 12.7. The molecule has 2 amide bonds. The van der Waals surface area contributed by atoms with Crippen molar-refractivity contribution in [3.05, 3.63) is 78.1 Å². The van der Waals surface area contributed by atoms with Gasteiger partial charge in [-0.15, -0.1) is 0 Å². The van der Waals surface area contributed by atoms with Crippen LogP contribution >= 0.6 is 0 Å². The van der Waals surface area contributed by atoms with E-state index in [2.05, 4.69) is 27.5 Å². The molecule has 11 heteroatoms. The van der Waals surface area contributed by atoms with E-state index < -0.39 is 17.8 Å². The van der Waals surface area contributed by atoms with E-state index in [1.165, 1.54) is 18.3 Å². The Morgan fingerprint density at radius 3 is 2.38 bits per heavy atom. The molecule has 0 bridgehead atoms. The van der Waals surface area contributed by atoms with Gasteiger partial charge in [-0.3, -0.25) is 4.90 Å². The van der Waals surface area contributed by atoms with Crippen LogP contribution < -0.4 is 26.4 Å². The van der Waals surface area contributed by atoms with Crippen molar-refractivity contribution in [2.75, 3.05) is 36.8 Å². The second-order valence-corrected chi connectivity index (χ2v) is 8.64. The zero-order valence-electron chi connectivity index (χ0n) is 22.6. The van der Waals surface area contributed by atoms with Gasteiger partial charge in [-0.25, -0.2) is 9.79 Å². The highest BCUT2D eigenvalue weighted by atomic mass is 19.4. The van der Waals surface area contributed by atoms with Gasteiger partial charge in [0, 0.05) is 49.0 Å². The first-order valence-electron chi connectivity index (χ1n) is 12.7. The number of hydrogen-bond acceptors (Lipinski definition) is 6. The molecule has 0 atom stereocenters. The van der Waals surface area contributed by atoms with Gasteiger partial charge < -0.3 is 26.4 Å². The van der Waals surface area contributed by atoms with Crippen LogP contribution in [-0.4, -0.2) is 43.0 Å². The van der Waals surface area contributed by atoms with Crippen LogP contribution in [0.5, 0.6) is 5.75 Å². The van der Waals surface area contributed by atoms with Gasteiger partial charge in [0.15, 0.2) is 0 Å². The molecule has 0 aromatic heterocycles. The molecule has 0 unspecified atom stereocenters. The Labute approximate surface area is 227 Å². The standard InChI is InChI=1S/C28H37F3N6O2/c1-5-16-37(7-3)19-21-8-9-23(18-25(21)28(29,30)31)36-27(38)35-22-10-12-24(13-11-22)39-26(33-6-2)17-20(4)34-15-14-32/h6,8-13,17-18,34H,2,5,7,14-16,19,32H2,1,3-4H3,(H2,35,36,38)/b20-17+,33-26?. The molecule has 0 aliphatic carbocycles. The van der Waals surface area contributed by atoms with Crippen molar-refractivity contribution in [2.45, 2.75) is 39.9 Å². The van der Waals surface area contributed by atoms with Gasteiger partial charge in [-0.05, 0) is 68.4 Å². The number of nitrogens with zero attached hydrogens (tertiary/aromatic N) is 2. The van der Waals surface area contributed by atoms with Crippen molar-refractivity contribution < 1.29 is 22.7 Å². The second-order valence-electron chi connectivity index (χ2n) is 8.64. The number of ether oxygens (including phenoxy) is 1. The van der Waals surface area contributed by atoms with Crippen LogP contribution in [0.3, 0.4) is 0 Å². The summed E-state index contributed by atoms with van der Waals surface area (Å²) in [5.74, 6) is 0.755. The molecule has 2 rings (SSSR count). The van der Waals surface area contributed by atoms with Crippen molar-refractivity contribution in [2.24, 2.45) is 10.7 Å². The Morgan fingerprint density at radius 1 is 1.13 bits per heavy atom. The van der Waals surface area contributed by atoms with E-state index in [1.54, 1.807) is 30.3 Å². The van der Waals surface area contributed by atoms with Crippen LogP contribution in [-0.2, 0) is 12.7 Å². The van der Waals surface area contributed by atoms with Crippen LogP contribution in [0.1, 0.15) is 38.3 Å². The van der Waals surface area contributed by atoms with Gasteiger partial charge in [0.05, 0.1) is 5.56 Å². The first kappa shape index (κ1) is 31.4. The molecule has 0 saturated carbocycles. The van der Waals surface area contributed by atoms with Gasteiger partial charge in [-0.2, -0.15) is 13.2 Å². The normalized spacial score (nSPS) is 12.3. The van der Waals surface area contributed by atoms with Crippen molar-refractivity contribution in [1.29, 1.82) is 0 Å². The summed E-state index contributed by atoms with van der Waals surface area (Å²) in [7, 11) is 0. The molecule has 0 heterocycles. The third kappa shape index (κ3) is 10.8. The molecule has 0 radical (unpaired) electrons. The molecule has 0 fully saturated rings. The lowest BCUT2D eigenvalue weighted by Crippen LogP contribution is -2.25. The molecular weight excluding hydrogens is 509 g/mol.